The SMILES string of the molecule is O=C(O)C1CC(O)CN1.[Cs+].[H-]. The second-order valence-electron chi connectivity index (χ2n) is 2.19. The Morgan fingerprint density at radius 1 is 1.70 bits per heavy atom. The van der Waals surface area contributed by atoms with Crippen LogP contribution in [0.4, 0.5) is 0 Å². The van der Waals surface area contributed by atoms with Gasteiger partial charge in [-0.15, -0.1) is 0 Å². The summed E-state index contributed by atoms with van der Waals surface area (Å²) < 4.78 is 0. The Bertz CT molecular complexity index is 135. The van der Waals surface area contributed by atoms with Crippen LogP contribution >= 0.6 is 0 Å². The molecule has 0 aromatic rings. The van der Waals surface area contributed by atoms with E-state index in [9.17, 15) is 4.79 Å². The van der Waals surface area contributed by atoms with Gasteiger partial charge in [0.2, 0.25) is 0 Å². The van der Waals surface area contributed by atoms with E-state index >= 15 is 0 Å². The quantitative estimate of drug-likeness (QED) is 0.451. The molecule has 4 nitrogen and oxygen atoms in total. The molecule has 2 atom stereocenters. The zero-order chi connectivity index (χ0) is 6.85. The van der Waals surface area contributed by atoms with Gasteiger partial charge in [0, 0.05) is 13.0 Å². The van der Waals surface area contributed by atoms with E-state index in [-0.39, 0.29) is 70.3 Å². The predicted octanol–water partition coefficient (Wildman–Crippen LogP) is -4.09. The Kier molecular flexibility index (Phi) is 5.89. The number of nitrogens with one attached hydrogen (secondary N) is 1. The molecule has 0 aliphatic carbocycles. The number of hydrogen-bond acceptors (Lipinski definition) is 3. The standard InChI is InChI=1S/C5H9NO3.Cs.H/c7-3-1-4(5(8)9)6-2-3;;/h3-4,6-7H,1-2H2,(H,8,9);;/q;+1;-1. The molecule has 1 saturated heterocycles. The molecular weight excluding hydrogens is 255 g/mol. The maximum absolute atomic E-state index is 10.2. The van der Waals surface area contributed by atoms with E-state index in [1.807, 2.05) is 0 Å². The molecule has 0 amide bonds. The normalized spacial score (nSPS) is 31.3. The van der Waals surface area contributed by atoms with Gasteiger partial charge in [0.15, 0.2) is 0 Å². The number of β-amino-alcohol motifs (C(OH)–C–C–N with tert-alkyl or cyclic N) is 1. The molecule has 2 unspecified atom stereocenters. The van der Waals surface area contributed by atoms with Gasteiger partial charge in [0.25, 0.3) is 0 Å². The van der Waals surface area contributed by atoms with E-state index in [0.717, 1.165) is 0 Å². The molecule has 0 radical (unpaired) electrons. The van der Waals surface area contributed by atoms with Crippen molar-refractivity contribution in [2.24, 2.45) is 0 Å². The molecule has 0 saturated carbocycles. The predicted molar refractivity (Wildman–Crippen MR) is 31.2 cm³/mol. The third-order valence-electron chi connectivity index (χ3n) is 1.41. The van der Waals surface area contributed by atoms with Crippen LogP contribution in [0.5, 0.6) is 0 Å². The Hall–Kier alpha value is 1.44. The Morgan fingerprint density at radius 2 is 2.30 bits per heavy atom. The van der Waals surface area contributed by atoms with Gasteiger partial charge in [0.05, 0.1) is 6.10 Å². The summed E-state index contributed by atoms with van der Waals surface area (Å²) in [6, 6.07) is -0.542. The molecule has 3 N–H and O–H groups in total. The second-order valence-corrected chi connectivity index (χ2v) is 2.19. The molecule has 10 heavy (non-hydrogen) atoms. The van der Waals surface area contributed by atoms with Gasteiger partial charge < -0.3 is 17.0 Å². The van der Waals surface area contributed by atoms with Gasteiger partial charge in [-0.25, -0.2) is 0 Å². The molecule has 0 aromatic heterocycles. The number of aliphatic hydroxyl groups is 1. The van der Waals surface area contributed by atoms with Crippen molar-refractivity contribution in [2.75, 3.05) is 6.54 Å². The third kappa shape index (κ3) is 3.23. The summed E-state index contributed by atoms with van der Waals surface area (Å²) in [6.07, 6.45) is -0.152. The zero-order valence-corrected chi connectivity index (χ0v) is 12.2. The van der Waals surface area contributed by atoms with E-state index in [2.05, 4.69) is 5.32 Å². The molecule has 1 aliphatic heterocycles. The molecule has 1 heterocycles. The van der Waals surface area contributed by atoms with Crippen LogP contribution in [0.3, 0.4) is 0 Å². The zero-order valence-electron chi connectivity index (χ0n) is 6.87. The number of carboxylic acid groups (broad SMARTS) is 1. The Balaban J connectivity index is 0. The van der Waals surface area contributed by atoms with Crippen molar-refractivity contribution >= 4 is 5.97 Å². The first-order chi connectivity index (χ1) is 4.20. The summed E-state index contributed by atoms with van der Waals surface area (Å²) in [7, 11) is 0. The van der Waals surface area contributed by atoms with Crippen LogP contribution in [0, 0.1) is 0 Å². The van der Waals surface area contributed by atoms with Crippen LogP contribution < -0.4 is 74.2 Å². The number of aliphatic hydroxyl groups excluding tert-OH is 1. The van der Waals surface area contributed by atoms with Crippen molar-refractivity contribution in [2.45, 2.75) is 18.6 Å². The maximum Gasteiger partial charge on any atom is 1.00 e. The summed E-state index contributed by atoms with van der Waals surface area (Å²) in [4.78, 5) is 10.2. The average Bonchev–Trinajstić information content (AvgIpc) is 2.14. The van der Waals surface area contributed by atoms with Crippen molar-refractivity contribution in [1.29, 1.82) is 0 Å². The Morgan fingerprint density at radius 3 is 2.50 bits per heavy atom. The van der Waals surface area contributed by atoms with Gasteiger partial charge in [0.1, 0.15) is 6.04 Å². The smallest absolute Gasteiger partial charge is 1.00 e. The van der Waals surface area contributed by atoms with Gasteiger partial charge in [-0.05, 0) is 0 Å². The van der Waals surface area contributed by atoms with Gasteiger partial charge >= 0.3 is 74.9 Å². The third-order valence-corrected chi connectivity index (χ3v) is 1.41. The molecule has 54 valence electrons. The largest absolute Gasteiger partial charge is 1.00 e. The van der Waals surface area contributed by atoms with Crippen LogP contribution in [0.1, 0.15) is 7.85 Å². The summed E-state index contributed by atoms with van der Waals surface area (Å²) >= 11 is 0. The van der Waals surface area contributed by atoms with E-state index in [4.69, 9.17) is 10.2 Å². The summed E-state index contributed by atoms with van der Waals surface area (Å²) in [6.45, 7) is 0.400. The minimum absolute atomic E-state index is 0. The number of carboxylic acids is 1. The van der Waals surface area contributed by atoms with Gasteiger partial charge in [-0.1, -0.05) is 0 Å². The van der Waals surface area contributed by atoms with Crippen molar-refractivity contribution < 1.29 is 85.3 Å². The monoisotopic (exact) mass is 265 g/mol. The van der Waals surface area contributed by atoms with Gasteiger partial charge in [-0.3, -0.25) is 4.79 Å². The number of rotatable bonds is 1. The minimum Gasteiger partial charge on any atom is -1.00 e. The van der Waals surface area contributed by atoms with Crippen LogP contribution in [0.2, 0.25) is 0 Å². The summed E-state index contributed by atoms with van der Waals surface area (Å²) in [5, 5.41) is 19.8. The first kappa shape index (κ1) is 11.4. The van der Waals surface area contributed by atoms with Crippen LogP contribution in [-0.2, 0) is 4.79 Å². The van der Waals surface area contributed by atoms with E-state index in [1.165, 1.54) is 0 Å². The van der Waals surface area contributed by atoms with Crippen molar-refractivity contribution in [3.05, 3.63) is 0 Å². The first-order valence-corrected chi connectivity index (χ1v) is 2.84. The van der Waals surface area contributed by atoms with Crippen LogP contribution in [0.25, 0.3) is 0 Å². The van der Waals surface area contributed by atoms with Crippen molar-refractivity contribution in [3.63, 3.8) is 0 Å². The molecule has 0 aromatic carbocycles. The summed E-state index contributed by atoms with van der Waals surface area (Å²) in [5.74, 6) is -0.883. The molecule has 5 heteroatoms. The van der Waals surface area contributed by atoms with Crippen molar-refractivity contribution in [3.8, 4) is 0 Å². The number of hydrogen-bond donors (Lipinski definition) is 3. The molecule has 0 spiro atoms. The topological polar surface area (TPSA) is 69.6 Å². The van der Waals surface area contributed by atoms with Crippen LogP contribution in [0.15, 0.2) is 0 Å². The number of aliphatic carboxylic acids is 1. The summed E-state index contributed by atoms with van der Waals surface area (Å²) in [5.41, 5.74) is 0. The minimum atomic E-state index is -0.883. The first-order valence-electron chi connectivity index (χ1n) is 2.84. The van der Waals surface area contributed by atoms with E-state index in [1.54, 1.807) is 0 Å². The Labute approximate surface area is 119 Å². The maximum atomic E-state index is 10.2. The van der Waals surface area contributed by atoms with Gasteiger partial charge in [-0.2, -0.15) is 0 Å². The van der Waals surface area contributed by atoms with E-state index < -0.39 is 18.1 Å². The molecule has 1 fully saturated rings. The second kappa shape index (κ2) is 5.15. The van der Waals surface area contributed by atoms with Crippen LogP contribution in [-0.4, -0.2) is 34.9 Å². The molecule has 0 bridgehead atoms. The fourth-order valence-corrected chi connectivity index (χ4v) is 0.905. The fourth-order valence-electron chi connectivity index (χ4n) is 0.905. The number of carbonyl (C=O) groups is 1. The average molecular weight is 265 g/mol. The van der Waals surface area contributed by atoms with E-state index in [0.29, 0.717) is 13.0 Å². The van der Waals surface area contributed by atoms with Crippen molar-refractivity contribution in [1.82, 2.24) is 5.32 Å². The molecule has 1 aliphatic rings. The molecular formula is C5H10CsNO3. The molecule has 1 rings (SSSR count). The fraction of sp³-hybridized carbons (Fsp3) is 0.800.